The highest BCUT2D eigenvalue weighted by Gasteiger charge is 2.15. The van der Waals surface area contributed by atoms with Gasteiger partial charge in [0, 0.05) is 30.8 Å². The van der Waals surface area contributed by atoms with E-state index in [2.05, 4.69) is 10.6 Å². The SMILES string of the molecule is COc1cccc(NC(=O)CN(C)CCC(=O)Nc2ccccc2[N+](=O)[O-])c1. The predicted molar refractivity (Wildman–Crippen MR) is 105 cm³/mol. The number of likely N-dealkylation sites (N-methyl/N-ethyl adjacent to an activating group) is 1. The van der Waals surface area contributed by atoms with Crippen LogP contribution in [0.2, 0.25) is 0 Å². The highest BCUT2D eigenvalue weighted by molar-refractivity contribution is 5.94. The molecule has 0 atom stereocenters. The number of anilines is 2. The van der Waals surface area contributed by atoms with Crippen LogP contribution in [0.25, 0.3) is 0 Å². The van der Waals surface area contributed by atoms with E-state index in [0.717, 1.165) is 0 Å². The van der Waals surface area contributed by atoms with Crippen molar-refractivity contribution in [3.63, 3.8) is 0 Å². The Morgan fingerprint density at radius 2 is 1.86 bits per heavy atom. The zero-order valence-corrected chi connectivity index (χ0v) is 15.7. The number of carbonyl (C=O) groups is 2. The molecule has 28 heavy (non-hydrogen) atoms. The van der Waals surface area contributed by atoms with E-state index >= 15 is 0 Å². The Labute approximate surface area is 162 Å². The molecule has 2 N–H and O–H groups in total. The van der Waals surface area contributed by atoms with Crippen molar-refractivity contribution < 1.29 is 19.2 Å². The number of hydrogen-bond acceptors (Lipinski definition) is 6. The van der Waals surface area contributed by atoms with Gasteiger partial charge in [0.25, 0.3) is 5.69 Å². The Morgan fingerprint density at radius 1 is 1.11 bits per heavy atom. The van der Waals surface area contributed by atoms with Gasteiger partial charge in [-0.2, -0.15) is 0 Å². The maximum absolute atomic E-state index is 12.1. The Balaban J connectivity index is 1.80. The first-order valence-corrected chi connectivity index (χ1v) is 8.54. The number of amides is 2. The number of ether oxygens (including phenoxy) is 1. The van der Waals surface area contributed by atoms with Gasteiger partial charge in [0.2, 0.25) is 11.8 Å². The van der Waals surface area contributed by atoms with Crippen molar-refractivity contribution in [3.8, 4) is 5.75 Å². The minimum absolute atomic E-state index is 0.0923. The second-order valence-electron chi connectivity index (χ2n) is 6.09. The van der Waals surface area contributed by atoms with Gasteiger partial charge in [-0.1, -0.05) is 18.2 Å². The van der Waals surface area contributed by atoms with Gasteiger partial charge in [-0.25, -0.2) is 0 Å². The van der Waals surface area contributed by atoms with Crippen LogP contribution in [0.3, 0.4) is 0 Å². The van der Waals surface area contributed by atoms with Crippen molar-refractivity contribution >= 4 is 28.9 Å². The van der Waals surface area contributed by atoms with Gasteiger partial charge in [0.15, 0.2) is 0 Å². The highest BCUT2D eigenvalue weighted by Crippen LogP contribution is 2.23. The molecule has 0 aliphatic heterocycles. The van der Waals surface area contributed by atoms with E-state index in [-0.39, 0.29) is 36.2 Å². The standard InChI is InChI=1S/C19H22N4O5/c1-22(13-19(25)20-14-6-5-7-15(12-14)28-2)11-10-18(24)21-16-8-3-4-9-17(16)23(26)27/h3-9,12H,10-11,13H2,1-2H3,(H,20,25)(H,21,24). The van der Waals surface area contributed by atoms with Gasteiger partial charge in [-0.15, -0.1) is 0 Å². The number of nitro groups is 1. The maximum Gasteiger partial charge on any atom is 0.292 e. The van der Waals surface area contributed by atoms with Crippen LogP contribution in [-0.2, 0) is 9.59 Å². The first-order chi connectivity index (χ1) is 13.4. The van der Waals surface area contributed by atoms with E-state index < -0.39 is 4.92 Å². The van der Waals surface area contributed by atoms with Crippen LogP contribution >= 0.6 is 0 Å². The van der Waals surface area contributed by atoms with E-state index in [1.807, 2.05) is 0 Å². The molecular formula is C19H22N4O5. The van der Waals surface area contributed by atoms with Crippen LogP contribution in [0.4, 0.5) is 17.1 Å². The van der Waals surface area contributed by atoms with Crippen LogP contribution < -0.4 is 15.4 Å². The number of carbonyl (C=O) groups excluding carboxylic acids is 2. The van der Waals surface area contributed by atoms with Gasteiger partial charge in [-0.05, 0) is 25.2 Å². The number of nitro benzene ring substituents is 1. The molecule has 9 heteroatoms. The van der Waals surface area contributed by atoms with Crippen LogP contribution in [-0.4, -0.2) is 48.9 Å². The zero-order valence-electron chi connectivity index (χ0n) is 15.7. The molecule has 9 nitrogen and oxygen atoms in total. The van der Waals surface area contributed by atoms with Crippen molar-refractivity contribution in [2.24, 2.45) is 0 Å². The van der Waals surface area contributed by atoms with E-state index in [1.165, 1.54) is 18.2 Å². The van der Waals surface area contributed by atoms with E-state index in [9.17, 15) is 19.7 Å². The van der Waals surface area contributed by atoms with Crippen molar-refractivity contribution in [2.75, 3.05) is 37.9 Å². The number of nitrogens with zero attached hydrogens (tertiary/aromatic N) is 2. The van der Waals surface area contributed by atoms with Crippen molar-refractivity contribution in [3.05, 3.63) is 58.6 Å². The predicted octanol–water partition coefficient (Wildman–Crippen LogP) is 2.50. The lowest BCUT2D eigenvalue weighted by molar-refractivity contribution is -0.383. The third-order valence-electron chi connectivity index (χ3n) is 3.86. The largest absolute Gasteiger partial charge is 0.497 e. The molecule has 0 fully saturated rings. The fourth-order valence-electron chi connectivity index (χ4n) is 2.47. The minimum atomic E-state index is -0.551. The van der Waals surface area contributed by atoms with E-state index in [0.29, 0.717) is 18.0 Å². The molecule has 2 rings (SSSR count). The van der Waals surface area contributed by atoms with Crippen LogP contribution in [0.1, 0.15) is 6.42 Å². The Hall–Kier alpha value is -3.46. The van der Waals surface area contributed by atoms with Gasteiger partial charge in [-0.3, -0.25) is 24.6 Å². The number of hydrogen-bond donors (Lipinski definition) is 2. The summed E-state index contributed by atoms with van der Waals surface area (Å²) in [5.41, 5.74) is 0.602. The average molecular weight is 386 g/mol. The molecule has 0 unspecified atom stereocenters. The molecular weight excluding hydrogens is 364 g/mol. The lowest BCUT2D eigenvalue weighted by Gasteiger charge is -2.16. The highest BCUT2D eigenvalue weighted by atomic mass is 16.6. The molecule has 2 amide bonds. The molecule has 2 aromatic carbocycles. The molecule has 0 aliphatic rings. The van der Waals surface area contributed by atoms with Gasteiger partial charge < -0.3 is 15.4 Å². The van der Waals surface area contributed by atoms with Crippen LogP contribution in [0, 0.1) is 10.1 Å². The summed E-state index contributed by atoms with van der Waals surface area (Å²) in [5, 5.41) is 16.3. The molecule has 0 heterocycles. The molecule has 148 valence electrons. The third-order valence-corrected chi connectivity index (χ3v) is 3.86. The normalized spacial score (nSPS) is 10.4. The summed E-state index contributed by atoms with van der Waals surface area (Å²) in [4.78, 5) is 36.3. The monoisotopic (exact) mass is 386 g/mol. The Morgan fingerprint density at radius 3 is 2.57 bits per heavy atom. The summed E-state index contributed by atoms with van der Waals surface area (Å²) in [7, 11) is 3.26. The summed E-state index contributed by atoms with van der Waals surface area (Å²) in [6.45, 7) is 0.411. The molecule has 0 saturated heterocycles. The summed E-state index contributed by atoms with van der Waals surface area (Å²) in [6, 6.07) is 12.9. The average Bonchev–Trinajstić information content (AvgIpc) is 2.66. The van der Waals surface area contributed by atoms with Crippen LogP contribution in [0.5, 0.6) is 5.75 Å². The van der Waals surface area contributed by atoms with Gasteiger partial charge >= 0.3 is 0 Å². The fourth-order valence-corrected chi connectivity index (χ4v) is 2.47. The summed E-state index contributed by atoms with van der Waals surface area (Å²) < 4.78 is 5.11. The first-order valence-electron chi connectivity index (χ1n) is 8.54. The van der Waals surface area contributed by atoms with E-state index in [1.54, 1.807) is 49.4 Å². The van der Waals surface area contributed by atoms with E-state index in [4.69, 9.17) is 4.74 Å². The second kappa shape index (κ2) is 10.0. The lowest BCUT2D eigenvalue weighted by atomic mass is 10.2. The van der Waals surface area contributed by atoms with Crippen molar-refractivity contribution in [1.29, 1.82) is 0 Å². The third kappa shape index (κ3) is 6.36. The number of para-hydroxylation sites is 2. The van der Waals surface area contributed by atoms with Crippen molar-refractivity contribution in [2.45, 2.75) is 6.42 Å². The summed E-state index contributed by atoms with van der Waals surface area (Å²) in [6.07, 6.45) is 0.0923. The molecule has 0 aromatic heterocycles. The molecule has 2 aromatic rings. The quantitative estimate of drug-likeness (QED) is 0.506. The fraction of sp³-hybridized carbons (Fsp3) is 0.263. The summed E-state index contributed by atoms with van der Waals surface area (Å²) >= 11 is 0. The van der Waals surface area contributed by atoms with Crippen LogP contribution in [0.15, 0.2) is 48.5 Å². The summed E-state index contributed by atoms with van der Waals surface area (Å²) in [5.74, 6) is 0.0436. The second-order valence-corrected chi connectivity index (χ2v) is 6.09. The topological polar surface area (TPSA) is 114 Å². The van der Waals surface area contributed by atoms with Gasteiger partial charge in [0.1, 0.15) is 11.4 Å². The number of nitrogens with one attached hydrogen (secondary N) is 2. The molecule has 0 aliphatic carbocycles. The Bertz CT molecular complexity index is 856. The zero-order chi connectivity index (χ0) is 20.5. The molecule has 0 spiro atoms. The Kier molecular flexibility index (Phi) is 7.46. The number of benzene rings is 2. The molecule has 0 saturated carbocycles. The molecule has 0 radical (unpaired) electrons. The minimum Gasteiger partial charge on any atom is -0.497 e. The molecule has 0 bridgehead atoms. The first kappa shape index (κ1) is 20.8. The lowest BCUT2D eigenvalue weighted by Crippen LogP contribution is -2.32. The maximum atomic E-state index is 12.1. The van der Waals surface area contributed by atoms with Gasteiger partial charge in [0.05, 0.1) is 18.6 Å². The number of rotatable bonds is 9. The number of methoxy groups -OCH3 is 1. The smallest absolute Gasteiger partial charge is 0.292 e. The van der Waals surface area contributed by atoms with Crippen molar-refractivity contribution in [1.82, 2.24) is 4.90 Å².